The molecule has 3 heterocycles. The van der Waals surface area contributed by atoms with E-state index in [1.165, 1.54) is 0 Å². The molecule has 0 radical (unpaired) electrons. The highest BCUT2D eigenvalue weighted by molar-refractivity contribution is 7.48. The molecule has 3 rings (SSSR count). The number of carbonyl (C=O) groups is 1. The summed E-state index contributed by atoms with van der Waals surface area (Å²) in [7, 11) is -4.27. The number of phosphoric ester groups is 1. The molecule has 13 nitrogen and oxygen atoms in total. The molecule has 32 heavy (non-hydrogen) atoms. The van der Waals surface area contributed by atoms with Crippen molar-refractivity contribution in [3.05, 3.63) is 33.1 Å². The number of H-pyrrole nitrogens is 1. The molecule has 1 aromatic rings. The monoisotopic (exact) mass is 482 g/mol. The summed E-state index contributed by atoms with van der Waals surface area (Å²) in [6.07, 6.45) is -3.82. The summed E-state index contributed by atoms with van der Waals surface area (Å²) in [5, 5.41) is 0. The van der Waals surface area contributed by atoms with E-state index in [0.717, 1.165) is 23.8 Å². The van der Waals surface area contributed by atoms with Crippen LogP contribution in [-0.2, 0) is 37.1 Å². The van der Waals surface area contributed by atoms with Crippen LogP contribution in [0.1, 0.15) is 33.9 Å². The van der Waals surface area contributed by atoms with Crippen LogP contribution in [0, 0.1) is 0 Å². The summed E-state index contributed by atoms with van der Waals surface area (Å²) in [6, 6.07) is 1.04. The number of ether oxygens (including phenoxy) is 4. The third-order valence-corrected chi connectivity index (χ3v) is 5.73. The van der Waals surface area contributed by atoms with E-state index in [1.54, 1.807) is 20.8 Å². The first-order valence-electron chi connectivity index (χ1n) is 9.48. The summed E-state index contributed by atoms with van der Waals surface area (Å²) in [6.45, 7) is 4.01. The lowest BCUT2D eigenvalue weighted by Gasteiger charge is -2.30. The number of hydrogen-bond acceptors (Lipinski definition) is 11. The van der Waals surface area contributed by atoms with Gasteiger partial charge in [0.15, 0.2) is 18.7 Å². The minimum atomic E-state index is -4.27. The Morgan fingerprint density at radius 1 is 1.38 bits per heavy atom. The van der Waals surface area contributed by atoms with E-state index < -0.39 is 75.1 Å². The molecule has 0 amide bonds. The molecule has 5 atom stereocenters. The Morgan fingerprint density at radius 2 is 2.09 bits per heavy atom. The van der Waals surface area contributed by atoms with Gasteiger partial charge < -0.3 is 18.9 Å². The summed E-state index contributed by atoms with van der Waals surface area (Å²) >= 11 is 0. The molecule has 2 aliphatic heterocycles. The first-order chi connectivity index (χ1) is 14.8. The van der Waals surface area contributed by atoms with Crippen LogP contribution in [0.15, 0.2) is 21.9 Å². The summed E-state index contributed by atoms with van der Waals surface area (Å²) in [4.78, 5) is 36.9. The molecular weight excluding hydrogens is 458 g/mol. The van der Waals surface area contributed by atoms with Gasteiger partial charge in [-0.3, -0.25) is 23.4 Å². The van der Waals surface area contributed by atoms with Crippen molar-refractivity contribution >= 4 is 14.0 Å². The quantitative estimate of drug-likeness (QED) is 0.378. The number of phosphoric acid groups is 1. The number of aromatic amines is 1. The molecular formula is C17H24FN2O11P. The van der Waals surface area contributed by atoms with Crippen molar-refractivity contribution in [2.24, 2.45) is 0 Å². The standard InChI is InChI=1S/C17H24FN2O11P/c1-16(2,3)31-15(23)26-9-29-32(24)27-7-10-12(25-8-28-32)17(4,18)13(30-10)20-6-5-11(21)19-14(20)22/h5-6,10,12-13H,7-9H2,1-4H3,(H,19,21,22)/t10?,12-,13+,17?,32?/m0/s1. The average Bonchev–Trinajstić information content (AvgIpc) is 2.87. The number of aromatic nitrogens is 2. The Labute approximate surface area is 181 Å². The molecule has 180 valence electrons. The summed E-state index contributed by atoms with van der Waals surface area (Å²) < 4.78 is 64.6. The van der Waals surface area contributed by atoms with E-state index in [0.29, 0.717) is 0 Å². The van der Waals surface area contributed by atoms with Gasteiger partial charge >= 0.3 is 19.7 Å². The van der Waals surface area contributed by atoms with Crippen molar-refractivity contribution in [3.8, 4) is 0 Å². The SMILES string of the molecule is CC(C)(C)OC(=O)OCOP1(=O)OCO[C@H]2C(CO1)O[C@@H](n1ccc(=O)[nH]c1=O)C2(C)F. The predicted molar refractivity (Wildman–Crippen MR) is 102 cm³/mol. The van der Waals surface area contributed by atoms with Crippen molar-refractivity contribution < 1.29 is 46.3 Å². The van der Waals surface area contributed by atoms with Crippen LogP contribution in [0.3, 0.4) is 0 Å². The van der Waals surface area contributed by atoms with Gasteiger partial charge in [-0.15, -0.1) is 0 Å². The smallest absolute Gasteiger partial charge is 0.429 e. The lowest BCUT2D eigenvalue weighted by Crippen LogP contribution is -2.46. The molecule has 0 aliphatic carbocycles. The molecule has 0 aromatic carbocycles. The van der Waals surface area contributed by atoms with E-state index in [4.69, 9.17) is 27.8 Å². The number of alkyl halides is 1. The van der Waals surface area contributed by atoms with Gasteiger partial charge in [-0.2, -0.15) is 0 Å². The Bertz CT molecular complexity index is 1000. The maximum atomic E-state index is 15.5. The number of nitrogens with one attached hydrogen (secondary N) is 1. The van der Waals surface area contributed by atoms with Gasteiger partial charge in [0, 0.05) is 12.3 Å². The second-order valence-corrected chi connectivity index (χ2v) is 9.80. The molecule has 2 saturated heterocycles. The number of nitrogens with zero attached hydrogens (tertiary/aromatic N) is 1. The normalized spacial score (nSPS) is 33.1. The minimum Gasteiger partial charge on any atom is -0.429 e. The zero-order valence-electron chi connectivity index (χ0n) is 17.8. The van der Waals surface area contributed by atoms with E-state index in [1.807, 2.05) is 4.98 Å². The number of hydrogen-bond donors (Lipinski definition) is 1. The van der Waals surface area contributed by atoms with Crippen LogP contribution in [0.2, 0.25) is 0 Å². The molecule has 0 saturated carbocycles. The van der Waals surface area contributed by atoms with Crippen LogP contribution >= 0.6 is 7.82 Å². The molecule has 3 unspecified atom stereocenters. The largest absolute Gasteiger partial charge is 0.510 e. The van der Waals surface area contributed by atoms with Gasteiger partial charge in [-0.05, 0) is 27.7 Å². The topological polar surface area (TPSA) is 154 Å². The molecule has 1 aromatic heterocycles. The van der Waals surface area contributed by atoms with Crippen LogP contribution < -0.4 is 11.2 Å². The van der Waals surface area contributed by atoms with Gasteiger partial charge in [0.25, 0.3) is 5.56 Å². The van der Waals surface area contributed by atoms with Crippen molar-refractivity contribution in [2.75, 3.05) is 20.2 Å². The Morgan fingerprint density at radius 3 is 2.75 bits per heavy atom. The number of carbonyl (C=O) groups excluding carboxylic acids is 1. The van der Waals surface area contributed by atoms with Crippen LogP contribution in [-0.4, -0.2) is 59.4 Å². The molecule has 0 spiro atoms. The fraction of sp³-hybridized carbons (Fsp3) is 0.706. The minimum absolute atomic E-state index is 0.498. The maximum Gasteiger partial charge on any atom is 0.510 e. The Hall–Kier alpha value is -2.09. The summed E-state index contributed by atoms with van der Waals surface area (Å²) in [5.41, 5.74) is -4.59. The number of halogens is 1. The highest BCUT2D eigenvalue weighted by Gasteiger charge is 2.58. The van der Waals surface area contributed by atoms with Gasteiger partial charge in [0.2, 0.25) is 6.79 Å². The fourth-order valence-electron chi connectivity index (χ4n) is 3.08. The first-order valence-corrected chi connectivity index (χ1v) is 10.9. The predicted octanol–water partition coefficient (Wildman–Crippen LogP) is 1.59. The zero-order chi connectivity index (χ0) is 23.7. The lowest BCUT2D eigenvalue weighted by molar-refractivity contribution is -0.134. The maximum absolute atomic E-state index is 15.5. The second kappa shape index (κ2) is 9.04. The van der Waals surface area contributed by atoms with Crippen LogP contribution in [0.25, 0.3) is 0 Å². The second-order valence-electron chi connectivity index (χ2n) is 8.13. The Balaban J connectivity index is 1.65. The van der Waals surface area contributed by atoms with Crippen LogP contribution in [0.5, 0.6) is 0 Å². The summed E-state index contributed by atoms with van der Waals surface area (Å²) in [5.74, 6) is 0. The van der Waals surface area contributed by atoms with Crippen molar-refractivity contribution in [3.63, 3.8) is 0 Å². The highest BCUT2D eigenvalue weighted by atomic mass is 31.2. The number of rotatable bonds is 4. The highest BCUT2D eigenvalue weighted by Crippen LogP contribution is 2.53. The van der Waals surface area contributed by atoms with Gasteiger partial charge in [0.05, 0.1) is 6.61 Å². The molecule has 2 aliphatic rings. The third-order valence-electron chi connectivity index (χ3n) is 4.42. The lowest BCUT2D eigenvalue weighted by atomic mass is 9.98. The molecule has 2 fully saturated rings. The third kappa shape index (κ3) is 5.63. The van der Waals surface area contributed by atoms with Crippen molar-refractivity contribution in [2.45, 2.75) is 57.4 Å². The van der Waals surface area contributed by atoms with Crippen molar-refractivity contribution in [1.29, 1.82) is 0 Å². The van der Waals surface area contributed by atoms with E-state index in [-0.39, 0.29) is 0 Å². The van der Waals surface area contributed by atoms with Crippen molar-refractivity contribution in [1.82, 2.24) is 9.55 Å². The van der Waals surface area contributed by atoms with E-state index >= 15 is 4.39 Å². The van der Waals surface area contributed by atoms with Crippen LogP contribution in [0.4, 0.5) is 9.18 Å². The van der Waals surface area contributed by atoms with E-state index in [2.05, 4.69) is 4.74 Å². The molecule has 15 heteroatoms. The average molecular weight is 482 g/mol. The molecule has 1 N–H and O–H groups in total. The number of fused-ring (bicyclic) bond motifs is 1. The van der Waals surface area contributed by atoms with Gasteiger partial charge in [-0.25, -0.2) is 23.1 Å². The van der Waals surface area contributed by atoms with Gasteiger partial charge in [0.1, 0.15) is 17.8 Å². The molecule has 0 bridgehead atoms. The first kappa shape index (κ1) is 24.6. The van der Waals surface area contributed by atoms with Gasteiger partial charge in [-0.1, -0.05) is 0 Å². The fourth-order valence-corrected chi connectivity index (χ4v) is 4.01. The van der Waals surface area contributed by atoms with E-state index in [9.17, 15) is 18.9 Å². The Kier molecular flexibility index (Phi) is 6.94. The zero-order valence-corrected chi connectivity index (χ0v) is 18.7.